The van der Waals surface area contributed by atoms with Gasteiger partial charge < -0.3 is 10.5 Å². The van der Waals surface area contributed by atoms with Gasteiger partial charge in [-0.15, -0.1) is 0 Å². The van der Waals surface area contributed by atoms with Gasteiger partial charge in [0.25, 0.3) is 0 Å². The van der Waals surface area contributed by atoms with E-state index in [-0.39, 0.29) is 11.7 Å². The van der Waals surface area contributed by atoms with Crippen molar-refractivity contribution >= 4 is 22.9 Å². The summed E-state index contributed by atoms with van der Waals surface area (Å²) in [7, 11) is 0. The van der Waals surface area contributed by atoms with E-state index >= 15 is 0 Å². The molecule has 1 aromatic heterocycles. The van der Waals surface area contributed by atoms with Gasteiger partial charge >= 0.3 is 6.61 Å². The Morgan fingerprint density at radius 2 is 1.88 bits per heavy atom. The summed E-state index contributed by atoms with van der Waals surface area (Å²) < 4.78 is 31.9. The fourth-order valence-corrected chi connectivity index (χ4v) is 2.82. The van der Waals surface area contributed by atoms with Crippen molar-refractivity contribution in [2.24, 2.45) is 10.7 Å². The van der Waals surface area contributed by atoms with Crippen molar-refractivity contribution in [1.29, 1.82) is 0 Å². The van der Waals surface area contributed by atoms with Crippen LogP contribution in [-0.4, -0.2) is 22.1 Å². The first kappa shape index (κ1) is 14.4. The summed E-state index contributed by atoms with van der Waals surface area (Å²) in [5, 5.41) is 2.90. The van der Waals surface area contributed by atoms with Gasteiger partial charge in [-0.1, -0.05) is 30.3 Å². The van der Waals surface area contributed by atoms with E-state index < -0.39 is 12.8 Å². The Bertz CT molecular complexity index is 937. The Labute approximate surface area is 135 Å². The monoisotopic (exact) mass is 329 g/mol. The predicted molar refractivity (Wildman–Crippen MR) is 86.2 cm³/mol. The average molecular weight is 329 g/mol. The van der Waals surface area contributed by atoms with Gasteiger partial charge in [-0.3, -0.25) is 9.88 Å². The lowest BCUT2D eigenvalue weighted by atomic mass is 10.1. The van der Waals surface area contributed by atoms with Crippen LogP contribution in [0.15, 0.2) is 53.5 Å². The first-order valence-electron chi connectivity index (χ1n) is 7.24. The summed E-state index contributed by atoms with van der Waals surface area (Å²) >= 11 is 0. The number of guanidine groups is 1. The van der Waals surface area contributed by atoms with E-state index in [0.717, 1.165) is 11.0 Å². The van der Waals surface area contributed by atoms with Crippen molar-refractivity contribution < 1.29 is 13.5 Å². The predicted octanol–water partition coefficient (Wildman–Crippen LogP) is 2.92. The molecule has 0 fully saturated rings. The molecule has 8 heteroatoms. The van der Waals surface area contributed by atoms with Gasteiger partial charge in [0.1, 0.15) is 5.75 Å². The molecule has 0 radical (unpaired) electrons. The number of halogens is 2. The van der Waals surface area contributed by atoms with Crippen LogP contribution in [0.4, 0.5) is 14.7 Å². The molecule has 6 nitrogen and oxygen atoms in total. The maximum atomic E-state index is 12.7. The number of para-hydroxylation sites is 3. The van der Waals surface area contributed by atoms with E-state index in [9.17, 15) is 8.78 Å². The summed E-state index contributed by atoms with van der Waals surface area (Å²) in [4.78, 5) is 8.84. The minimum Gasteiger partial charge on any atom is -0.434 e. The molecule has 0 spiro atoms. The van der Waals surface area contributed by atoms with Crippen molar-refractivity contribution in [2.45, 2.75) is 12.8 Å². The molecule has 3 N–H and O–H groups in total. The number of imidazole rings is 1. The van der Waals surface area contributed by atoms with Gasteiger partial charge in [-0.05, 0) is 18.2 Å². The van der Waals surface area contributed by atoms with Crippen LogP contribution in [-0.2, 0) is 0 Å². The fourth-order valence-electron chi connectivity index (χ4n) is 2.82. The van der Waals surface area contributed by atoms with E-state index in [2.05, 4.69) is 20.0 Å². The van der Waals surface area contributed by atoms with Crippen molar-refractivity contribution in [3.05, 3.63) is 54.1 Å². The second-order valence-corrected chi connectivity index (χ2v) is 5.22. The maximum Gasteiger partial charge on any atom is 0.387 e. The van der Waals surface area contributed by atoms with Crippen LogP contribution < -0.4 is 15.8 Å². The summed E-state index contributed by atoms with van der Waals surface area (Å²) in [6, 6.07) is 14.0. The molecular formula is C16H13F2N5O. The normalized spacial score (nSPS) is 16.6. The zero-order valence-electron chi connectivity index (χ0n) is 12.4. The van der Waals surface area contributed by atoms with Crippen molar-refractivity contribution in [2.75, 3.05) is 5.32 Å². The first-order valence-corrected chi connectivity index (χ1v) is 7.24. The molecule has 24 heavy (non-hydrogen) atoms. The molecule has 0 aliphatic carbocycles. The topological polar surface area (TPSA) is 77.5 Å². The molecule has 1 aliphatic heterocycles. The van der Waals surface area contributed by atoms with Gasteiger partial charge in [0.05, 0.1) is 11.0 Å². The van der Waals surface area contributed by atoms with Gasteiger partial charge in [0.2, 0.25) is 5.95 Å². The number of alkyl halides is 2. The lowest BCUT2D eigenvalue weighted by molar-refractivity contribution is -0.0506. The largest absolute Gasteiger partial charge is 0.434 e. The third kappa shape index (κ3) is 2.32. The number of hydrogen-bond donors (Lipinski definition) is 2. The molecule has 1 aliphatic rings. The third-order valence-electron chi connectivity index (χ3n) is 3.75. The molecular weight excluding hydrogens is 316 g/mol. The molecule has 0 bridgehead atoms. The van der Waals surface area contributed by atoms with E-state index in [1.54, 1.807) is 22.8 Å². The molecule has 4 rings (SSSR count). The highest BCUT2D eigenvalue weighted by Gasteiger charge is 2.27. The molecule has 0 saturated heterocycles. The summed E-state index contributed by atoms with van der Waals surface area (Å²) in [6.45, 7) is -2.92. The van der Waals surface area contributed by atoms with Gasteiger partial charge in [0.15, 0.2) is 12.1 Å². The van der Waals surface area contributed by atoms with Crippen LogP contribution in [0, 0.1) is 0 Å². The molecule has 2 heterocycles. The van der Waals surface area contributed by atoms with E-state index in [4.69, 9.17) is 5.73 Å². The molecule has 1 atom stereocenters. The highest BCUT2D eigenvalue weighted by atomic mass is 19.3. The average Bonchev–Trinajstić information content (AvgIpc) is 2.92. The summed E-state index contributed by atoms with van der Waals surface area (Å²) in [6.07, 6.45) is -0.649. The smallest absolute Gasteiger partial charge is 0.387 e. The van der Waals surface area contributed by atoms with Crippen LogP contribution in [0.3, 0.4) is 0 Å². The molecule has 2 aromatic carbocycles. The van der Waals surface area contributed by atoms with Crippen LogP contribution in [0.2, 0.25) is 0 Å². The second-order valence-electron chi connectivity index (χ2n) is 5.22. The molecule has 1 unspecified atom stereocenters. The number of nitrogens with two attached hydrogens (primary N) is 1. The zero-order valence-corrected chi connectivity index (χ0v) is 12.4. The Balaban J connectivity index is 1.92. The van der Waals surface area contributed by atoms with Crippen LogP contribution >= 0.6 is 0 Å². The number of rotatable bonds is 3. The van der Waals surface area contributed by atoms with E-state index in [1.807, 2.05) is 24.3 Å². The Morgan fingerprint density at radius 3 is 2.71 bits per heavy atom. The number of aliphatic imine (C=N–C) groups is 1. The number of benzene rings is 2. The Morgan fingerprint density at radius 1 is 1.12 bits per heavy atom. The summed E-state index contributed by atoms with van der Waals surface area (Å²) in [5.41, 5.74) is 7.89. The van der Waals surface area contributed by atoms with E-state index in [1.165, 1.54) is 6.07 Å². The number of hydrogen-bond acceptors (Lipinski definition) is 5. The summed E-state index contributed by atoms with van der Waals surface area (Å²) in [5.74, 6) is 0.717. The quantitative estimate of drug-likeness (QED) is 0.774. The van der Waals surface area contributed by atoms with Crippen LogP contribution in [0.25, 0.3) is 11.0 Å². The number of aromatic nitrogens is 2. The second kappa shape index (κ2) is 5.48. The third-order valence-corrected chi connectivity index (χ3v) is 3.75. The number of anilines is 1. The van der Waals surface area contributed by atoms with Crippen molar-refractivity contribution in [3.63, 3.8) is 0 Å². The molecule has 0 saturated carbocycles. The lowest BCUT2D eigenvalue weighted by Gasteiger charge is -2.25. The van der Waals surface area contributed by atoms with Gasteiger partial charge in [0, 0.05) is 5.56 Å². The highest BCUT2D eigenvalue weighted by molar-refractivity contribution is 5.94. The number of ether oxygens (including phenoxy) is 1. The lowest BCUT2D eigenvalue weighted by Crippen LogP contribution is -2.31. The molecule has 122 valence electrons. The fraction of sp³-hybridized carbons (Fsp3) is 0.125. The zero-order chi connectivity index (χ0) is 16.7. The standard InChI is InChI=1S/C16H13F2N5O/c17-14(18)24-12-8-4-1-5-9(12)13-21-15(19)22-16-20-10-6-2-3-7-11(10)23(13)16/h1-8,13-14H,(H3,19,20,21,22). The molecule has 0 amide bonds. The van der Waals surface area contributed by atoms with E-state index in [0.29, 0.717) is 11.5 Å². The molecule has 3 aromatic rings. The van der Waals surface area contributed by atoms with Crippen LogP contribution in [0.5, 0.6) is 5.75 Å². The maximum absolute atomic E-state index is 12.7. The minimum atomic E-state index is -2.92. The first-order chi connectivity index (χ1) is 11.6. The number of nitrogens with one attached hydrogen (secondary N) is 1. The van der Waals surface area contributed by atoms with Crippen molar-refractivity contribution in [3.8, 4) is 5.75 Å². The Hall–Kier alpha value is -3.16. The minimum absolute atomic E-state index is 0.0553. The number of nitrogens with zero attached hydrogens (tertiary/aromatic N) is 3. The Kier molecular flexibility index (Phi) is 3.30. The SMILES string of the molecule is NC1=NC(c2ccccc2OC(F)F)n2c(nc3ccccc32)N1. The highest BCUT2D eigenvalue weighted by Crippen LogP contribution is 2.36. The number of fused-ring (bicyclic) bond motifs is 3. The van der Waals surface area contributed by atoms with Gasteiger partial charge in [-0.25, -0.2) is 9.98 Å². The van der Waals surface area contributed by atoms with Crippen LogP contribution in [0.1, 0.15) is 11.7 Å². The van der Waals surface area contributed by atoms with Crippen molar-refractivity contribution in [1.82, 2.24) is 9.55 Å². The van der Waals surface area contributed by atoms with Gasteiger partial charge in [-0.2, -0.15) is 8.78 Å².